The fourth-order valence-corrected chi connectivity index (χ4v) is 3.25. The van der Waals surface area contributed by atoms with Crippen LogP contribution in [0.1, 0.15) is 18.2 Å². The first-order valence-corrected chi connectivity index (χ1v) is 6.77. The number of para-hydroxylation sites is 1. The molecule has 3 heteroatoms. The van der Waals surface area contributed by atoms with E-state index in [1.807, 2.05) is 11.8 Å². The molecule has 0 radical (unpaired) electrons. The monoisotopic (exact) mass is 230 g/mol. The van der Waals surface area contributed by atoms with Gasteiger partial charge in [-0.2, -0.15) is 11.8 Å². The lowest BCUT2D eigenvalue weighted by molar-refractivity contribution is 1.16. The lowest BCUT2D eigenvalue weighted by atomic mass is 10.1. The van der Waals surface area contributed by atoms with E-state index >= 15 is 0 Å². The number of anilines is 1. The van der Waals surface area contributed by atoms with Gasteiger partial charge in [0, 0.05) is 34.7 Å². The van der Waals surface area contributed by atoms with Gasteiger partial charge in [0.05, 0.1) is 11.2 Å². The highest BCUT2D eigenvalue weighted by Gasteiger charge is 2.19. The summed E-state index contributed by atoms with van der Waals surface area (Å²) in [6, 6.07) is 8.39. The molecule has 2 heterocycles. The molecule has 1 aliphatic heterocycles. The van der Waals surface area contributed by atoms with Crippen molar-refractivity contribution in [3.8, 4) is 0 Å². The van der Waals surface area contributed by atoms with Gasteiger partial charge in [-0.3, -0.25) is 4.98 Å². The van der Waals surface area contributed by atoms with Crippen molar-refractivity contribution in [2.75, 3.05) is 11.9 Å². The first kappa shape index (κ1) is 9.97. The molecule has 82 valence electrons. The molecule has 0 amide bonds. The summed E-state index contributed by atoms with van der Waals surface area (Å²) in [7, 11) is 0. The SMILES string of the molecule is CCNc1c2c(nc3ccccc13)CSC2. The van der Waals surface area contributed by atoms with Gasteiger partial charge in [-0.15, -0.1) is 0 Å². The van der Waals surface area contributed by atoms with Crippen LogP contribution in [0.5, 0.6) is 0 Å². The van der Waals surface area contributed by atoms with E-state index in [4.69, 9.17) is 4.98 Å². The van der Waals surface area contributed by atoms with Crippen molar-refractivity contribution in [1.82, 2.24) is 4.98 Å². The smallest absolute Gasteiger partial charge is 0.0726 e. The van der Waals surface area contributed by atoms with E-state index in [0.29, 0.717) is 0 Å². The molecule has 2 nitrogen and oxygen atoms in total. The summed E-state index contributed by atoms with van der Waals surface area (Å²) in [5.74, 6) is 2.15. The number of fused-ring (bicyclic) bond motifs is 2. The predicted molar refractivity (Wildman–Crippen MR) is 70.9 cm³/mol. The summed E-state index contributed by atoms with van der Waals surface area (Å²) in [6.45, 7) is 3.11. The van der Waals surface area contributed by atoms with Crippen LogP contribution in [0.4, 0.5) is 5.69 Å². The molecule has 0 unspecified atom stereocenters. The van der Waals surface area contributed by atoms with Gasteiger partial charge in [0.2, 0.25) is 0 Å². The van der Waals surface area contributed by atoms with Gasteiger partial charge in [0.1, 0.15) is 0 Å². The van der Waals surface area contributed by atoms with E-state index in [9.17, 15) is 0 Å². The van der Waals surface area contributed by atoms with E-state index in [1.165, 1.54) is 22.3 Å². The van der Waals surface area contributed by atoms with E-state index in [-0.39, 0.29) is 0 Å². The summed E-state index contributed by atoms with van der Waals surface area (Å²) >= 11 is 1.95. The van der Waals surface area contributed by atoms with Gasteiger partial charge >= 0.3 is 0 Å². The maximum atomic E-state index is 4.74. The van der Waals surface area contributed by atoms with Gasteiger partial charge in [-0.25, -0.2) is 0 Å². The minimum absolute atomic E-state index is 0.963. The maximum absolute atomic E-state index is 4.74. The predicted octanol–water partition coefficient (Wildman–Crippen LogP) is 3.41. The number of hydrogen-bond acceptors (Lipinski definition) is 3. The Kier molecular flexibility index (Phi) is 2.48. The van der Waals surface area contributed by atoms with Crippen molar-refractivity contribution in [2.45, 2.75) is 18.4 Å². The Morgan fingerprint density at radius 2 is 2.19 bits per heavy atom. The largest absolute Gasteiger partial charge is 0.384 e. The number of hydrogen-bond donors (Lipinski definition) is 1. The highest BCUT2D eigenvalue weighted by Crippen LogP contribution is 2.37. The highest BCUT2D eigenvalue weighted by atomic mass is 32.2. The fourth-order valence-electron chi connectivity index (χ4n) is 2.21. The standard InChI is InChI=1S/C13H14N2S/c1-2-14-13-9-5-3-4-6-11(9)15-12-8-16-7-10(12)13/h3-6H,2,7-8H2,1H3,(H,14,15). The molecule has 0 bridgehead atoms. The van der Waals surface area contributed by atoms with E-state index in [2.05, 4.69) is 36.5 Å². The molecule has 16 heavy (non-hydrogen) atoms. The highest BCUT2D eigenvalue weighted by molar-refractivity contribution is 7.98. The van der Waals surface area contributed by atoms with Crippen LogP contribution in [0.2, 0.25) is 0 Å². The van der Waals surface area contributed by atoms with Crippen molar-refractivity contribution in [3.05, 3.63) is 35.5 Å². The van der Waals surface area contributed by atoms with Crippen LogP contribution in [-0.2, 0) is 11.5 Å². The topological polar surface area (TPSA) is 24.9 Å². The van der Waals surface area contributed by atoms with Crippen LogP contribution >= 0.6 is 11.8 Å². The Hall–Kier alpha value is -1.22. The second kappa shape index (κ2) is 3.98. The summed E-state index contributed by atoms with van der Waals surface area (Å²) in [5, 5.41) is 4.75. The van der Waals surface area contributed by atoms with E-state index < -0.39 is 0 Å². The number of thioether (sulfide) groups is 1. The number of nitrogens with zero attached hydrogens (tertiary/aromatic N) is 1. The third-order valence-electron chi connectivity index (χ3n) is 2.92. The zero-order chi connectivity index (χ0) is 11.0. The summed E-state index contributed by atoms with van der Waals surface area (Å²) in [5.41, 5.74) is 5.08. The van der Waals surface area contributed by atoms with Crippen molar-refractivity contribution < 1.29 is 0 Å². The zero-order valence-corrected chi connectivity index (χ0v) is 10.1. The Balaban J connectivity index is 2.32. The molecule has 0 saturated heterocycles. The van der Waals surface area contributed by atoms with E-state index in [1.54, 1.807) is 0 Å². The van der Waals surface area contributed by atoms with Crippen LogP contribution in [0.15, 0.2) is 24.3 Å². The van der Waals surface area contributed by atoms with Gasteiger partial charge in [-0.1, -0.05) is 18.2 Å². The molecular formula is C13H14N2S. The third kappa shape index (κ3) is 1.47. The molecule has 0 saturated carbocycles. The van der Waals surface area contributed by atoms with Gasteiger partial charge < -0.3 is 5.32 Å². The maximum Gasteiger partial charge on any atom is 0.0726 e. The Morgan fingerprint density at radius 3 is 3.06 bits per heavy atom. The normalized spacial score (nSPS) is 14.1. The molecular weight excluding hydrogens is 216 g/mol. The zero-order valence-electron chi connectivity index (χ0n) is 9.29. The molecule has 0 atom stereocenters. The molecule has 1 aliphatic rings. The van der Waals surface area contributed by atoms with Gasteiger partial charge in [0.15, 0.2) is 0 Å². The lowest BCUT2D eigenvalue weighted by Crippen LogP contribution is -2.03. The molecule has 1 aromatic carbocycles. The first-order chi connectivity index (χ1) is 7.90. The first-order valence-electron chi connectivity index (χ1n) is 5.62. The average Bonchev–Trinajstić information content (AvgIpc) is 2.77. The van der Waals surface area contributed by atoms with Crippen LogP contribution in [0, 0.1) is 0 Å². The second-order valence-electron chi connectivity index (χ2n) is 3.95. The molecule has 0 fully saturated rings. The lowest BCUT2D eigenvalue weighted by Gasteiger charge is -2.12. The summed E-state index contributed by atoms with van der Waals surface area (Å²) in [6.07, 6.45) is 0. The quantitative estimate of drug-likeness (QED) is 0.855. The molecule has 3 rings (SSSR count). The van der Waals surface area contributed by atoms with Crippen LogP contribution in [0.3, 0.4) is 0 Å². The van der Waals surface area contributed by atoms with Crippen molar-refractivity contribution in [2.24, 2.45) is 0 Å². The molecule has 0 spiro atoms. The number of aromatic nitrogens is 1. The second-order valence-corrected chi connectivity index (χ2v) is 4.94. The Labute approximate surface area is 99.5 Å². The number of benzene rings is 1. The third-order valence-corrected chi connectivity index (χ3v) is 3.89. The van der Waals surface area contributed by atoms with E-state index in [0.717, 1.165) is 23.6 Å². The Bertz CT molecular complexity index is 537. The fraction of sp³-hybridized carbons (Fsp3) is 0.308. The van der Waals surface area contributed by atoms with Crippen molar-refractivity contribution in [1.29, 1.82) is 0 Å². The molecule has 2 aromatic rings. The molecule has 1 N–H and O–H groups in total. The summed E-state index contributed by atoms with van der Waals surface area (Å²) < 4.78 is 0. The number of nitrogens with one attached hydrogen (secondary N) is 1. The number of rotatable bonds is 2. The van der Waals surface area contributed by atoms with Gasteiger partial charge in [0.25, 0.3) is 0 Å². The minimum atomic E-state index is 0.963. The van der Waals surface area contributed by atoms with Gasteiger partial charge in [-0.05, 0) is 13.0 Å². The molecule has 1 aromatic heterocycles. The number of pyridine rings is 1. The van der Waals surface area contributed by atoms with Crippen molar-refractivity contribution >= 4 is 28.4 Å². The Morgan fingerprint density at radius 1 is 1.31 bits per heavy atom. The van der Waals surface area contributed by atoms with Crippen molar-refractivity contribution in [3.63, 3.8) is 0 Å². The molecule has 0 aliphatic carbocycles. The summed E-state index contributed by atoms with van der Waals surface area (Å²) in [4.78, 5) is 4.74. The average molecular weight is 230 g/mol. The van der Waals surface area contributed by atoms with Crippen LogP contribution in [0.25, 0.3) is 10.9 Å². The van der Waals surface area contributed by atoms with Crippen LogP contribution < -0.4 is 5.32 Å². The van der Waals surface area contributed by atoms with Crippen LogP contribution in [-0.4, -0.2) is 11.5 Å². The minimum Gasteiger partial charge on any atom is -0.384 e.